The summed E-state index contributed by atoms with van der Waals surface area (Å²) >= 11 is 3.78. The highest BCUT2D eigenvalue weighted by Crippen LogP contribution is 2.27. The maximum Gasteiger partial charge on any atom is 0.222 e. The lowest BCUT2D eigenvalue weighted by Gasteiger charge is -2.25. The van der Waals surface area contributed by atoms with Crippen molar-refractivity contribution in [1.29, 1.82) is 0 Å². The number of benzene rings is 2. The van der Waals surface area contributed by atoms with E-state index in [4.69, 9.17) is 0 Å². The first-order chi connectivity index (χ1) is 13.0. The van der Waals surface area contributed by atoms with Gasteiger partial charge < -0.3 is 5.32 Å². The number of carbonyl (C=O) groups excluding carboxylic acids is 1. The molecule has 1 amide bonds. The third-order valence-corrected chi connectivity index (χ3v) is 6.88. The minimum absolute atomic E-state index is 0.0211. The molecule has 0 saturated heterocycles. The molecule has 1 unspecified atom stereocenters. The van der Waals surface area contributed by atoms with Crippen molar-refractivity contribution in [2.75, 3.05) is 12.3 Å². The first kappa shape index (κ1) is 21.9. The van der Waals surface area contributed by atoms with E-state index >= 15 is 0 Å². The van der Waals surface area contributed by atoms with Gasteiger partial charge in [0.25, 0.3) is 0 Å². The summed E-state index contributed by atoms with van der Waals surface area (Å²) in [5, 5.41) is 3.15. The number of nitrogens with one attached hydrogen (secondary N) is 1. The van der Waals surface area contributed by atoms with Gasteiger partial charge in [0, 0.05) is 28.7 Å². The van der Waals surface area contributed by atoms with Gasteiger partial charge in [-0.15, -0.1) is 11.8 Å². The zero-order chi connectivity index (χ0) is 19.5. The second kappa shape index (κ2) is 11.5. The van der Waals surface area contributed by atoms with Gasteiger partial charge in [0.2, 0.25) is 5.91 Å². The molecule has 0 aliphatic heterocycles. The summed E-state index contributed by atoms with van der Waals surface area (Å²) in [6.45, 7) is 7.12. The fourth-order valence-corrected chi connectivity index (χ4v) is 4.55. The van der Waals surface area contributed by atoms with Crippen molar-refractivity contribution < 1.29 is 4.79 Å². The van der Waals surface area contributed by atoms with Crippen molar-refractivity contribution >= 4 is 29.4 Å². The summed E-state index contributed by atoms with van der Waals surface area (Å²) in [7, 11) is 0. The van der Waals surface area contributed by atoms with Gasteiger partial charge in [-0.25, -0.2) is 0 Å². The monoisotopic (exact) mass is 401 g/mol. The Morgan fingerprint density at radius 1 is 0.963 bits per heavy atom. The average molecular weight is 402 g/mol. The van der Waals surface area contributed by atoms with Crippen LogP contribution in [0.3, 0.4) is 0 Å². The summed E-state index contributed by atoms with van der Waals surface area (Å²) in [6.07, 6.45) is 0.918. The number of hydrogen-bond donors (Lipinski definition) is 1. The van der Waals surface area contributed by atoms with Crippen molar-refractivity contribution in [1.82, 2.24) is 5.32 Å². The molecular formula is C23H31NOS2. The van der Waals surface area contributed by atoms with Crippen LogP contribution in [0.2, 0.25) is 0 Å². The second-order valence-corrected chi connectivity index (χ2v) is 10.3. The maximum absolute atomic E-state index is 12.4. The van der Waals surface area contributed by atoms with E-state index in [-0.39, 0.29) is 16.6 Å². The van der Waals surface area contributed by atoms with Crippen molar-refractivity contribution in [2.24, 2.45) is 5.92 Å². The molecule has 146 valence electrons. The predicted octanol–water partition coefficient (Wildman–Crippen LogP) is 5.77. The van der Waals surface area contributed by atoms with Gasteiger partial charge >= 0.3 is 0 Å². The molecule has 2 aromatic carbocycles. The van der Waals surface area contributed by atoms with E-state index in [1.54, 1.807) is 0 Å². The fraction of sp³-hybridized carbons (Fsp3) is 0.435. The van der Waals surface area contributed by atoms with Crippen LogP contribution in [0.4, 0.5) is 0 Å². The van der Waals surface area contributed by atoms with Gasteiger partial charge in [0.1, 0.15) is 0 Å². The number of hydrogen-bond acceptors (Lipinski definition) is 3. The van der Waals surface area contributed by atoms with Gasteiger partial charge in [0.05, 0.1) is 0 Å². The van der Waals surface area contributed by atoms with E-state index < -0.39 is 0 Å². The molecule has 1 N–H and O–H groups in total. The predicted molar refractivity (Wildman–Crippen MR) is 121 cm³/mol. The quantitative estimate of drug-likeness (QED) is 0.484. The second-order valence-electron chi connectivity index (χ2n) is 7.48. The molecule has 2 nitrogen and oxygen atoms in total. The molecule has 0 aliphatic carbocycles. The molecule has 0 aliphatic rings. The molecule has 0 saturated carbocycles. The Kier molecular flexibility index (Phi) is 9.29. The van der Waals surface area contributed by atoms with Crippen LogP contribution in [0.5, 0.6) is 0 Å². The standard InChI is InChI=1S/C23H31NOS2/c1-19(14-15-26-16-20-10-6-4-7-11-20)22(25)24-18-23(2,3)27-17-21-12-8-5-9-13-21/h4-13,19H,14-18H2,1-3H3,(H,24,25). The van der Waals surface area contributed by atoms with Crippen molar-refractivity contribution in [3.05, 3.63) is 71.8 Å². The Hall–Kier alpha value is -1.39. The van der Waals surface area contributed by atoms with Gasteiger partial charge in [-0.1, -0.05) is 67.6 Å². The number of rotatable bonds is 11. The molecule has 1 atom stereocenters. The van der Waals surface area contributed by atoms with E-state index in [0.29, 0.717) is 6.54 Å². The SMILES string of the molecule is CC(CCSCc1ccccc1)C(=O)NCC(C)(C)SCc1ccccc1. The van der Waals surface area contributed by atoms with Crippen molar-refractivity contribution in [2.45, 2.75) is 43.4 Å². The van der Waals surface area contributed by atoms with Crippen molar-refractivity contribution in [3.8, 4) is 0 Å². The van der Waals surface area contributed by atoms with E-state index in [1.165, 1.54) is 11.1 Å². The summed E-state index contributed by atoms with van der Waals surface area (Å²) in [6, 6.07) is 21.0. The average Bonchev–Trinajstić information content (AvgIpc) is 2.69. The lowest BCUT2D eigenvalue weighted by atomic mass is 10.1. The minimum atomic E-state index is 0.0211. The topological polar surface area (TPSA) is 29.1 Å². The summed E-state index contributed by atoms with van der Waals surface area (Å²) in [5.74, 6) is 3.22. The van der Waals surface area contributed by atoms with Gasteiger partial charge in [-0.05, 0) is 37.1 Å². The first-order valence-corrected chi connectivity index (χ1v) is 11.7. The molecule has 0 bridgehead atoms. The van der Waals surface area contributed by atoms with Crippen LogP contribution in [-0.2, 0) is 16.3 Å². The molecular weight excluding hydrogens is 370 g/mol. The normalized spacial score (nSPS) is 12.6. The summed E-state index contributed by atoms with van der Waals surface area (Å²) < 4.78 is 0.0211. The molecule has 0 aromatic heterocycles. The zero-order valence-electron chi connectivity index (χ0n) is 16.6. The summed E-state index contributed by atoms with van der Waals surface area (Å²) in [4.78, 5) is 12.4. The zero-order valence-corrected chi connectivity index (χ0v) is 18.2. The number of amides is 1. The molecule has 2 rings (SSSR count). The number of carbonyl (C=O) groups is 1. The maximum atomic E-state index is 12.4. The van der Waals surface area contributed by atoms with Crippen LogP contribution in [0.25, 0.3) is 0 Å². The van der Waals surface area contributed by atoms with Crippen LogP contribution in [0.15, 0.2) is 60.7 Å². The van der Waals surface area contributed by atoms with Crippen LogP contribution in [0.1, 0.15) is 38.3 Å². The Labute approximate surface area is 172 Å². The van der Waals surface area contributed by atoms with Crippen LogP contribution in [0, 0.1) is 5.92 Å². The van der Waals surface area contributed by atoms with E-state index in [2.05, 4.69) is 67.7 Å². The van der Waals surface area contributed by atoms with E-state index in [1.807, 2.05) is 42.6 Å². The fourth-order valence-electron chi connectivity index (χ4n) is 2.53. The summed E-state index contributed by atoms with van der Waals surface area (Å²) in [5.41, 5.74) is 2.67. The third-order valence-electron chi connectivity index (χ3n) is 4.42. The third kappa shape index (κ3) is 8.89. The number of thioether (sulfide) groups is 2. The highest BCUT2D eigenvalue weighted by Gasteiger charge is 2.21. The smallest absolute Gasteiger partial charge is 0.222 e. The Morgan fingerprint density at radius 2 is 1.52 bits per heavy atom. The largest absolute Gasteiger partial charge is 0.354 e. The van der Waals surface area contributed by atoms with Gasteiger partial charge in [-0.2, -0.15) is 11.8 Å². The highest BCUT2D eigenvalue weighted by atomic mass is 32.2. The Bertz CT molecular complexity index is 673. The minimum Gasteiger partial charge on any atom is -0.354 e. The molecule has 0 spiro atoms. The van der Waals surface area contributed by atoms with Crippen LogP contribution in [-0.4, -0.2) is 23.0 Å². The molecule has 27 heavy (non-hydrogen) atoms. The first-order valence-electron chi connectivity index (χ1n) is 9.53. The molecule has 0 fully saturated rings. The van der Waals surface area contributed by atoms with Crippen LogP contribution < -0.4 is 5.32 Å². The molecule has 4 heteroatoms. The highest BCUT2D eigenvalue weighted by molar-refractivity contribution is 7.99. The van der Waals surface area contributed by atoms with Crippen LogP contribution >= 0.6 is 23.5 Å². The lowest BCUT2D eigenvalue weighted by Crippen LogP contribution is -2.39. The molecule has 0 radical (unpaired) electrons. The Morgan fingerprint density at radius 3 is 2.11 bits per heavy atom. The van der Waals surface area contributed by atoms with Gasteiger partial charge in [0.15, 0.2) is 0 Å². The van der Waals surface area contributed by atoms with Crippen molar-refractivity contribution in [3.63, 3.8) is 0 Å². The molecule has 2 aromatic rings. The van der Waals surface area contributed by atoms with E-state index in [0.717, 1.165) is 23.7 Å². The Balaban J connectivity index is 1.63. The van der Waals surface area contributed by atoms with Gasteiger partial charge in [-0.3, -0.25) is 4.79 Å². The lowest BCUT2D eigenvalue weighted by molar-refractivity contribution is -0.124. The molecule has 0 heterocycles. The van der Waals surface area contributed by atoms with E-state index in [9.17, 15) is 4.79 Å².